The first-order valence-electron chi connectivity index (χ1n) is 44.7. The second kappa shape index (κ2) is 81.3. The summed E-state index contributed by atoms with van der Waals surface area (Å²) in [6.07, 6.45) is 108. The highest BCUT2D eigenvalue weighted by Gasteiger charge is 2.22. The van der Waals surface area contributed by atoms with Crippen LogP contribution in [0.2, 0.25) is 0 Å². The maximum Gasteiger partial charge on any atom is 0.306 e. The molecule has 0 rings (SSSR count). The number of quaternary nitrogens is 1. The highest BCUT2D eigenvalue weighted by atomic mass is 31.2. The van der Waals surface area contributed by atoms with Gasteiger partial charge in [-0.25, -0.2) is 0 Å². The summed E-state index contributed by atoms with van der Waals surface area (Å²) < 4.78 is 34.5. The number of ether oxygens (including phenoxy) is 2. The molecule has 10 heteroatoms. The van der Waals surface area contributed by atoms with Crippen LogP contribution in [-0.2, 0) is 32.7 Å². The second-order valence-corrected chi connectivity index (χ2v) is 33.4. The maximum absolute atomic E-state index is 12.9. The van der Waals surface area contributed by atoms with Crippen molar-refractivity contribution in [1.82, 2.24) is 0 Å². The number of nitrogens with zero attached hydrogens (tertiary/aromatic N) is 1. The molecule has 0 radical (unpaired) electrons. The van der Waals surface area contributed by atoms with Crippen LogP contribution in [0.1, 0.15) is 476 Å². The molecule has 2 atom stereocenters. The molecule has 0 saturated heterocycles. The molecular weight excluding hydrogens is 1250 g/mol. The quantitative estimate of drug-likeness (QED) is 0.0195. The minimum Gasteiger partial charge on any atom is -0.756 e. The highest BCUT2D eigenvalue weighted by Crippen LogP contribution is 2.38. The van der Waals surface area contributed by atoms with E-state index in [1.165, 1.54) is 398 Å². The van der Waals surface area contributed by atoms with Crippen LogP contribution in [0, 0.1) is 0 Å². The Hall–Kier alpha value is -1.77. The van der Waals surface area contributed by atoms with E-state index in [0.29, 0.717) is 17.4 Å². The largest absolute Gasteiger partial charge is 0.756 e. The third-order valence-corrected chi connectivity index (χ3v) is 21.6. The third kappa shape index (κ3) is 85.2. The van der Waals surface area contributed by atoms with Crippen LogP contribution < -0.4 is 4.89 Å². The number of allylic oxidation sites excluding steroid dienone is 6. The van der Waals surface area contributed by atoms with Gasteiger partial charge in [-0.15, -0.1) is 0 Å². The van der Waals surface area contributed by atoms with Gasteiger partial charge in [0.2, 0.25) is 0 Å². The molecule has 0 aromatic rings. The molecule has 0 aliphatic carbocycles. The van der Waals surface area contributed by atoms with Crippen molar-refractivity contribution in [3.63, 3.8) is 0 Å². The molecule has 0 aromatic carbocycles. The summed E-state index contributed by atoms with van der Waals surface area (Å²) in [6.45, 7) is 4.32. The molecule has 100 heavy (non-hydrogen) atoms. The average Bonchev–Trinajstić information content (AvgIpc) is 1.02. The van der Waals surface area contributed by atoms with Crippen molar-refractivity contribution in [2.45, 2.75) is 482 Å². The Labute approximate surface area is 624 Å². The number of phosphoric ester groups is 1. The minimum atomic E-state index is -4.64. The molecule has 0 heterocycles. The van der Waals surface area contributed by atoms with Crippen molar-refractivity contribution in [2.75, 3.05) is 47.5 Å². The lowest BCUT2D eigenvalue weighted by molar-refractivity contribution is -0.870. The van der Waals surface area contributed by atoms with Gasteiger partial charge in [0, 0.05) is 12.8 Å². The van der Waals surface area contributed by atoms with Crippen molar-refractivity contribution >= 4 is 19.8 Å². The molecule has 0 spiro atoms. The van der Waals surface area contributed by atoms with Crippen LogP contribution in [0.25, 0.3) is 0 Å². The number of esters is 2. The fraction of sp³-hybridized carbons (Fsp3) is 0.911. The zero-order chi connectivity index (χ0) is 72.5. The Bertz CT molecular complexity index is 1780. The molecule has 2 unspecified atom stereocenters. The number of hydrogen-bond acceptors (Lipinski definition) is 8. The molecule has 0 saturated carbocycles. The number of carbonyl (C=O) groups excluding carboxylic acids is 2. The topological polar surface area (TPSA) is 111 Å². The predicted molar refractivity (Wildman–Crippen MR) is 434 cm³/mol. The summed E-state index contributed by atoms with van der Waals surface area (Å²) in [5.41, 5.74) is 0. The number of rotatable bonds is 85. The number of unbranched alkanes of at least 4 members (excludes halogenated alkanes) is 65. The van der Waals surface area contributed by atoms with E-state index in [2.05, 4.69) is 50.3 Å². The van der Waals surface area contributed by atoms with Gasteiger partial charge < -0.3 is 27.9 Å². The van der Waals surface area contributed by atoms with Gasteiger partial charge in [0.15, 0.2) is 6.10 Å². The Morgan fingerprint density at radius 3 is 0.800 bits per heavy atom. The van der Waals surface area contributed by atoms with E-state index >= 15 is 0 Å². The molecule has 592 valence electrons. The van der Waals surface area contributed by atoms with Crippen LogP contribution in [0.15, 0.2) is 36.5 Å². The van der Waals surface area contributed by atoms with E-state index in [1.807, 2.05) is 21.1 Å². The summed E-state index contributed by atoms with van der Waals surface area (Å²) in [6, 6.07) is 0. The van der Waals surface area contributed by atoms with Gasteiger partial charge in [-0.05, 0) is 51.4 Å². The zero-order valence-corrected chi connectivity index (χ0v) is 68.8. The SMILES string of the molecule is CCCCCCC/C=C\C/C=C\C/C=C\CCCCCCCCCCCCCCCCCCCCCCCCC(=O)OC(COC(=O)CCCCCCCCCCCCCCCCCCCCCCCCCCCCCCCCCCCCCCCCC)COP(=O)([O-])OCC[N+](C)(C)C. The second-order valence-electron chi connectivity index (χ2n) is 32.0. The monoisotopic (exact) mass is 1430 g/mol. The fourth-order valence-corrected chi connectivity index (χ4v) is 14.6. The van der Waals surface area contributed by atoms with Gasteiger partial charge in [0.25, 0.3) is 7.82 Å². The summed E-state index contributed by atoms with van der Waals surface area (Å²) in [5.74, 6) is -0.804. The van der Waals surface area contributed by atoms with Gasteiger partial charge >= 0.3 is 11.9 Å². The van der Waals surface area contributed by atoms with Gasteiger partial charge in [-0.3, -0.25) is 14.2 Å². The van der Waals surface area contributed by atoms with Gasteiger partial charge in [0.05, 0.1) is 27.7 Å². The molecule has 0 N–H and O–H groups in total. The normalized spacial score (nSPS) is 13.1. The summed E-state index contributed by atoms with van der Waals surface area (Å²) >= 11 is 0. The molecule has 0 bridgehead atoms. The lowest BCUT2D eigenvalue weighted by Gasteiger charge is -2.28. The molecule has 0 fully saturated rings. The number of likely N-dealkylation sites (N-methyl/N-ethyl adjacent to an activating group) is 1. The van der Waals surface area contributed by atoms with Crippen LogP contribution in [0.4, 0.5) is 0 Å². The van der Waals surface area contributed by atoms with E-state index in [4.69, 9.17) is 18.5 Å². The third-order valence-electron chi connectivity index (χ3n) is 20.7. The number of phosphoric acid groups is 1. The standard InChI is InChI=1S/C90H174NO8P/c1-6-8-10-12-14-16-18-20-22-24-26-28-30-32-34-36-38-40-42-44-45-47-48-50-52-54-56-58-60-62-64-66-68-70-72-74-76-78-80-82-89(92)96-86-88(87-98-100(94,95)97-85-84-91(3,4)5)99-90(93)83-81-79-77-75-73-71-69-67-65-63-61-59-57-55-53-51-49-46-43-41-39-37-35-33-31-29-27-25-23-21-19-17-15-13-11-9-7-2/h19,21,25,27,31,33,88H,6-18,20,22-24,26,28-30,32,34-87H2,1-5H3/b21-19-,27-25-,33-31-. The molecule has 0 aliphatic heterocycles. The predicted octanol–water partition coefficient (Wildman–Crippen LogP) is 29.4. The number of carbonyl (C=O) groups is 2. The van der Waals surface area contributed by atoms with E-state index in [-0.39, 0.29) is 32.0 Å². The lowest BCUT2D eigenvalue weighted by atomic mass is 10.0. The average molecular weight is 1430 g/mol. The Morgan fingerprint density at radius 1 is 0.310 bits per heavy atom. The Morgan fingerprint density at radius 2 is 0.540 bits per heavy atom. The summed E-state index contributed by atoms with van der Waals surface area (Å²) in [5, 5.41) is 0. The van der Waals surface area contributed by atoms with Crippen LogP contribution >= 0.6 is 7.82 Å². The van der Waals surface area contributed by atoms with Crippen molar-refractivity contribution in [2.24, 2.45) is 0 Å². The van der Waals surface area contributed by atoms with Gasteiger partial charge in [-0.1, -0.05) is 448 Å². The van der Waals surface area contributed by atoms with Crippen molar-refractivity contribution in [3.05, 3.63) is 36.5 Å². The first kappa shape index (κ1) is 98.2. The fourth-order valence-electron chi connectivity index (χ4n) is 13.9. The molecule has 0 aliphatic rings. The van der Waals surface area contributed by atoms with Crippen molar-refractivity contribution in [3.8, 4) is 0 Å². The number of hydrogen-bond donors (Lipinski definition) is 0. The van der Waals surface area contributed by atoms with Crippen LogP contribution in [0.5, 0.6) is 0 Å². The first-order chi connectivity index (χ1) is 49.0. The van der Waals surface area contributed by atoms with Gasteiger partial charge in [-0.2, -0.15) is 0 Å². The zero-order valence-electron chi connectivity index (χ0n) is 67.9. The molecule has 0 aromatic heterocycles. The Kier molecular flexibility index (Phi) is 79.9. The van der Waals surface area contributed by atoms with E-state index in [1.54, 1.807) is 0 Å². The summed E-state index contributed by atoms with van der Waals surface area (Å²) in [4.78, 5) is 38.3. The first-order valence-corrected chi connectivity index (χ1v) is 46.2. The van der Waals surface area contributed by atoms with E-state index in [9.17, 15) is 19.0 Å². The molecule has 9 nitrogen and oxygen atoms in total. The minimum absolute atomic E-state index is 0.0268. The highest BCUT2D eigenvalue weighted by molar-refractivity contribution is 7.45. The van der Waals surface area contributed by atoms with Crippen LogP contribution in [-0.4, -0.2) is 70.0 Å². The smallest absolute Gasteiger partial charge is 0.306 e. The van der Waals surface area contributed by atoms with Crippen LogP contribution in [0.3, 0.4) is 0 Å². The van der Waals surface area contributed by atoms with E-state index in [0.717, 1.165) is 44.9 Å². The Balaban J connectivity index is 3.84. The van der Waals surface area contributed by atoms with Crippen molar-refractivity contribution < 1.29 is 42.1 Å². The van der Waals surface area contributed by atoms with Crippen molar-refractivity contribution in [1.29, 1.82) is 0 Å². The maximum atomic E-state index is 12.9. The molecular formula is C90H174NO8P. The van der Waals surface area contributed by atoms with Gasteiger partial charge in [0.1, 0.15) is 19.8 Å². The van der Waals surface area contributed by atoms with E-state index < -0.39 is 26.5 Å². The molecule has 0 amide bonds. The lowest BCUT2D eigenvalue weighted by Crippen LogP contribution is -2.37. The summed E-state index contributed by atoms with van der Waals surface area (Å²) in [7, 11) is 1.20.